The third kappa shape index (κ3) is 2.92. The van der Waals surface area contributed by atoms with E-state index in [1.54, 1.807) is 6.20 Å². The fraction of sp³-hybridized carbons (Fsp3) is 0.692. The second-order valence-corrected chi connectivity index (χ2v) is 5.99. The van der Waals surface area contributed by atoms with Crippen molar-refractivity contribution in [1.29, 1.82) is 0 Å². The minimum Gasteiger partial charge on any atom is -0.392 e. The van der Waals surface area contributed by atoms with E-state index in [0.29, 0.717) is 23.2 Å². The molecule has 2 unspecified atom stereocenters. The standard InChI is InChI=1S/C13H21ClN4O/c1-4-5-15-12-16-7-8(14)11(18-12)17-9-6-10(19)13(9,2)3/h7,9-10,19H,4-6H2,1-3H3,(H2,15,16,17,18). The molecule has 19 heavy (non-hydrogen) atoms. The maximum Gasteiger partial charge on any atom is 0.224 e. The van der Waals surface area contributed by atoms with Crippen LogP contribution in [0.3, 0.4) is 0 Å². The lowest BCUT2D eigenvalue weighted by molar-refractivity contribution is -0.0511. The van der Waals surface area contributed by atoms with Crippen LogP contribution in [0.25, 0.3) is 0 Å². The molecule has 1 aliphatic carbocycles. The monoisotopic (exact) mass is 284 g/mol. The first kappa shape index (κ1) is 14.3. The van der Waals surface area contributed by atoms with Crippen LogP contribution in [0, 0.1) is 5.41 Å². The zero-order valence-corrected chi connectivity index (χ0v) is 12.3. The second kappa shape index (κ2) is 5.51. The van der Waals surface area contributed by atoms with Crippen molar-refractivity contribution >= 4 is 23.4 Å². The first-order valence-electron chi connectivity index (χ1n) is 6.66. The Morgan fingerprint density at radius 3 is 2.84 bits per heavy atom. The Balaban J connectivity index is 2.07. The molecular weight excluding hydrogens is 264 g/mol. The maximum atomic E-state index is 9.75. The highest BCUT2D eigenvalue weighted by Gasteiger charge is 2.47. The van der Waals surface area contributed by atoms with Crippen molar-refractivity contribution in [3.63, 3.8) is 0 Å². The molecule has 2 atom stereocenters. The summed E-state index contributed by atoms with van der Waals surface area (Å²) in [6.07, 6.45) is 3.04. The SMILES string of the molecule is CCCNc1ncc(Cl)c(NC2CC(O)C2(C)C)n1. The summed E-state index contributed by atoms with van der Waals surface area (Å²) in [5.41, 5.74) is -0.161. The summed E-state index contributed by atoms with van der Waals surface area (Å²) in [6, 6.07) is 0.175. The Bertz CT molecular complexity index is 452. The minimum absolute atomic E-state index is 0.161. The lowest BCUT2D eigenvalue weighted by Gasteiger charge is -2.49. The first-order chi connectivity index (χ1) is 8.95. The van der Waals surface area contributed by atoms with Crippen LogP contribution in [0.4, 0.5) is 11.8 Å². The zero-order valence-electron chi connectivity index (χ0n) is 11.6. The highest BCUT2D eigenvalue weighted by molar-refractivity contribution is 6.32. The molecule has 0 bridgehead atoms. The number of hydrogen-bond donors (Lipinski definition) is 3. The number of aliphatic hydroxyl groups is 1. The lowest BCUT2D eigenvalue weighted by Crippen LogP contribution is -2.57. The molecule has 0 saturated heterocycles. The van der Waals surface area contributed by atoms with Gasteiger partial charge in [0.1, 0.15) is 5.02 Å². The molecule has 2 rings (SSSR count). The molecule has 1 aliphatic rings. The van der Waals surface area contributed by atoms with E-state index in [9.17, 15) is 5.11 Å². The van der Waals surface area contributed by atoms with Gasteiger partial charge in [-0.25, -0.2) is 4.98 Å². The summed E-state index contributed by atoms with van der Waals surface area (Å²) in [4.78, 5) is 8.51. The molecule has 0 aliphatic heterocycles. The molecule has 0 radical (unpaired) electrons. The largest absolute Gasteiger partial charge is 0.392 e. The van der Waals surface area contributed by atoms with Gasteiger partial charge in [0, 0.05) is 18.0 Å². The summed E-state index contributed by atoms with van der Waals surface area (Å²) < 4.78 is 0. The number of hydrogen-bond acceptors (Lipinski definition) is 5. The van der Waals surface area contributed by atoms with Crippen molar-refractivity contribution in [2.45, 2.75) is 45.8 Å². The third-order valence-electron chi connectivity index (χ3n) is 3.80. The van der Waals surface area contributed by atoms with Crippen molar-refractivity contribution in [3.05, 3.63) is 11.2 Å². The number of nitrogens with one attached hydrogen (secondary N) is 2. The molecular formula is C13H21ClN4O. The Labute approximate surface area is 118 Å². The molecule has 0 spiro atoms. The summed E-state index contributed by atoms with van der Waals surface area (Å²) in [7, 11) is 0. The molecule has 1 heterocycles. The normalized spacial score (nSPS) is 24.7. The van der Waals surface area contributed by atoms with E-state index in [4.69, 9.17) is 11.6 Å². The van der Waals surface area contributed by atoms with Gasteiger partial charge in [0.2, 0.25) is 5.95 Å². The minimum atomic E-state index is -0.275. The van der Waals surface area contributed by atoms with Crippen molar-refractivity contribution in [3.8, 4) is 0 Å². The molecule has 0 aromatic carbocycles. The third-order valence-corrected chi connectivity index (χ3v) is 4.08. The van der Waals surface area contributed by atoms with Gasteiger partial charge in [0.15, 0.2) is 5.82 Å². The van der Waals surface area contributed by atoms with E-state index in [0.717, 1.165) is 13.0 Å². The topological polar surface area (TPSA) is 70.1 Å². The average Bonchev–Trinajstić information content (AvgIpc) is 2.39. The van der Waals surface area contributed by atoms with Gasteiger partial charge in [-0.3, -0.25) is 0 Å². The van der Waals surface area contributed by atoms with Gasteiger partial charge in [-0.2, -0.15) is 4.98 Å². The fourth-order valence-electron chi connectivity index (χ4n) is 2.10. The van der Waals surface area contributed by atoms with Crippen molar-refractivity contribution in [2.24, 2.45) is 5.41 Å². The van der Waals surface area contributed by atoms with Gasteiger partial charge in [-0.15, -0.1) is 0 Å². The number of aromatic nitrogens is 2. The highest BCUT2D eigenvalue weighted by Crippen LogP contribution is 2.42. The molecule has 1 aromatic heterocycles. The van der Waals surface area contributed by atoms with E-state index in [1.165, 1.54) is 0 Å². The Kier molecular flexibility index (Phi) is 4.16. The van der Waals surface area contributed by atoms with Gasteiger partial charge in [-0.1, -0.05) is 32.4 Å². The van der Waals surface area contributed by atoms with E-state index in [-0.39, 0.29) is 17.6 Å². The predicted molar refractivity (Wildman–Crippen MR) is 77.6 cm³/mol. The van der Waals surface area contributed by atoms with Crippen molar-refractivity contribution in [1.82, 2.24) is 9.97 Å². The summed E-state index contributed by atoms with van der Waals surface area (Å²) >= 11 is 6.11. The quantitative estimate of drug-likeness (QED) is 0.775. The van der Waals surface area contributed by atoms with Gasteiger partial charge >= 0.3 is 0 Å². The first-order valence-corrected chi connectivity index (χ1v) is 7.04. The molecule has 0 amide bonds. The van der Waals surface area contributed by atoms with E-state index in [1.807, 2.05) is 13.8 Å². The van der Waals surface area contributed by atoms with Gasteiger partial charge in [0.05, 0.1) is 12.3 Å². The lowest BCUT2D eigenvalue weighted by atomic mass is 9.64. The van der Waals surface area contributed by atoms with Gasteiger partial charge in [-0.05, 0) is 12.8 Å². The van der Waals surface area contributed by atoms with Crippen LogP contribution in [0.15, 0.2) is 6.20 Å². The van der Waals surface area contributed by atoms with Crippen LogP contribution in [0.5, 0.6) is 0 Å². The second-order valence-electron chi connectivity index (χ2n) is 5.59. The number of anilines is 2. The Morgan fingerprint density at radius 1 is 1.53 bits per heavy atom. The predicted octanol–water partition coefficient (Wildman–Crippen LogP) is 2.52. The van der Waals surface area contributed by atoms with Crippen LogP contribution in [-0.2, 0) is 0 Å². The van der Waals surface area contributed by atoms with E-state index < -0.39 is 0 Å². The number of aliphatic hydroxyl groups excluding tert-OH is 1. The maximum absolute atomic E-state index is 9.75. The molecule has 106 valence electrons. The summed E-state index contributed by atoms with van der Waals surface area (Å²) in [5, 5.41) is 16.7. The molecule has 1 saturated carbocycles. The zero-order chi connectivity index (χ0) is 14.0. The molecule has 1 aromatic rings. The molecule has 6 heteroatoms. The van der Waals surface area contributed by atoms with Gasteiger partial charge in [0.25, 0.3) is 0 Å². The van der Waals surface area contributed by atoms with E-state index in [2.05, 4.69) is 27.5 Å². The van der Waals surface area contributed by atoms with E-state index >= 15 is 0 Å². The average molecular weight is 285 g/mol. The summed E-state index contributed by atoms with van der Waals surface area (Å²) in [6.45, 7) is 6.98. The summed E-state index contributed by atoms with van der Waals surface area (Å²) in [5.74, 6) is 1.20. The smallest absolute Gasteiger partial charge is 0.224 e. The van der Waals surface area contributed by atoms with Crippen LogP contribution in [0.2, 0.25) is 5.02 Å². The van der Waals surface area contributed by atoms with Crippen LogP contribution in [0.1, 0.15) is 33.6 Å². The molecule has 3 N–H and O–H groups in total. The Morgan fingerprint density at radius 2 is 2.26 bits per heavy atom. The number of rotatable bonds is 5. The van der Waals surface area contributed by atoms with Crippen molar-refractivity contribution in [2.75, 3.05) is 17.2 Å². The van der Waals surface area contributed by atoms with Crippen molar-refractivity contribution < 1.29 is 5.11 Å². The molecule has 1 fully saturated rings. The van der Waals surface area contributed by atoms with Crippen LogP contribution in [-0.4, -0.2) is 33.8 Å². The van der Waals surface area contributed by atoms with Crippen LogP contribution < -0.4 is 10.6 Å². The Hall–Kier alpha value is -1.07. The fourth-order valence-corrected chi connectivity index (χ4v) is 2.25. The highest BCUT2D eigenvalue weighted by atomic mass is 35.5. The van der Waals surface area contributed by atoms with Crippen LogP contribution >= 0.6 is 11.6 Å². The number of halogens is 1. The number of nitrogens with zero attached hydrogens (tertiary/aromatic N) is 2. The van der Waals surface area contributed by atoms with Gasteiger partial charge < -0.3 is 15.7 Å². The molecule has 5 nitrogen and oxygen atoms in total.